The highest BCUT2D eigenvalue weighted by atomic mass is 35.5. The SMILES string of the molecule is Cc1cc(Cl)ccc1OCCCNC(=O)CCN.Cl. The Bertz CT molecular complexity index is 400. The van der Waals surface area contributed by atoms with Crippen LogP contribution in [-0.4, -0.2) is 25.6 Å². The molecule has 19 heavy (non-hydrogen) atoms. The largest absolute Gasteiger partial charge is 0.493 e. The monoisotopic (exact) mass is 306 g/mol. The summed E-state index contributed by atoms with van der Waals surface area (Å²) in [6.07, 6.45) is 1.13. The van der Waals surface area contributed by atoms with E-state index in [1.165, 1.54) is 0 Å². The summed E-state index contributed by atoms with van der Waals surface area (Å²) in [6.45, 7) is 3.49. The van der Waals surface area contributed by atoms with E-state index in [0.717, 1.165) is 17.7 Å². The standard InChI is InChI=1S/C13H19ClN2O2.ClH/c1-10-9-11(14)3-4-12(10)18-8-2-7-16-13(17)5-6-15;/h3-4,9H,2,5-8,15H2,1H3,(H,16,17);1H. The molecule has 0 spiro atoms. The van der Waals surface area contributed by atoms with Gasteiger partial charge in [-0.2, -0.15) is 0 Å². The second-order valence-corrected chi connectivity index (χ2v) is 4.44. The zero-order chi connectivity index (χ0) is 13.4. The molecular weight excluding hydrogens is 287 g/mol. The fraction of sp³-hybridized carbons (Fsp3) is 0.462. The molecule has 0 atom stereocenters. The van der Waals surface area contributed by atoms with E-state index in [4.69, 9.17) is 22.1 Å². The molecule has 0 aliphatic heterocycles. The molecule has 0 radical (unpaired) electrons. The van der Waals surface area contributed by atoms with Crippen molar-refractivity contribution in [1.29, 1.82) is 0 Å². The second kappa shape index (κ2) is 9.89. The van der Waals surface area contributed by atoms with Crippen LogP contribution in [0.4, 0.5) is 0 Å². The van der Waals surface area contributed by atoms with Gasteiger partial charge in [0.2, 0.25) is 5.91 Å². The van der Waals surface area contributed by atoms with Crippen molar-refractivity contribution < 1.29 is 9.53 Å². The number of amides is 1. The molecule has 0 fully saturated rings. The molecule has 0 heterocycles. The maximum absolute atomic E-state index is 11.1. The number of nitrogens with one attached hydrogen (secondary N) is 1. The van der Waals surface area contributed by atoms with Crippen molar-refractivity contribution in [2.45, 2.75) is 19.8 Å². The Hall–Kier alpha value is -0.970. The summed E-state index contributed by atoms with van der Waals surface area (Å²) in [6, 6.07) is 5.51. The smallest absolute Gasteiger partial charge is 0.221 e. The lowest BCUT2D eigenvalue weighted by atomic mass is 10.2. The van der Waals surface area contributed by atoms with Gasteiger partial charge >= 0.3 is 0 Å². The van der Waals surface area contributed by atoms with Crippen LogP contribution in [0.3, 0.4) is 0 Å². The molecule has 1 rings (SSSR count). The maximum atomic E-state index is 11.1. The van der Waals surface area contributed by atoms with Crippen LogP contribution in [0.15, 0.2) is 18.2 Å². The summed E-state index contributed by atoms with van der Waals surface area (Å²) >= 11 is 5.85. The maximum Gasteiger partial charge on any atom is 0.221 e. The first-order chi connectivity index (χ1) is 8.63. The molecule has 0 saturated heterocycles. The van der Waals surface area contributed by atoms with Crippen molar-refractivity contribution in [3.63, 3.8) is 0 Å². The van der Waals surface area contributed by atoms with Crippen LogP contribution in [0.1, 0.15) is 18.4 Å². The summed E-state index contributed by atoms with van der Waals surface area (Å²) in [5.41, 5.74) is 6.28. The molecule has 3 N–H and O–H groups in total. The van der Waals surface area contributed by atoms with Crippen LogP contribution in [0.5, 0.6) is 5.75 Å². The number of halogens is 2. The third-order valence-corrected chi connectivity index (χ3v) is 2.64. The third kappa shape index (κ3) is 7.25. The van der Waals surface area contributed by atoms with Gasteiger partial charge in [0, 0.05) is 24.5 Å². The summed E-state index contributed by atoms with van der Waals surface area (Å²) in [5.74, 6) is 0.813. The molecule has 0 aliphatic rings. The Balaban J connectivity index is 0.00000324. The number of rotatable bonds is 7. The highest BCUT2D eigenvalue weighted by Gasteiger charge is 2.01. The topological polar surface area (TPSA) is 64.3 Å². The van der Waals surface area contributed by atoms with Crippen molar-refractivity contribution in [1.82, 2.24) is 5.32 Å². The van der Waals surface area contributed by atoms with E-state index in [-0.39, 0.29) is 18.3 Å². The lowest BCUT2D eigenvalue weighted by Gasteiger charge is -2.09. The second-order valence-electron chi connectivity index (χ2n) is 4.00. The fourth-order valence-corrected chi connectivity index (χ4v) is 1.70. The van der Waals surface area contributed by atoms with E-state index in [1.807, 2.05) is 19.1 Å². The van der Waals surface area contributed by atoms with Gasteiger partial charge in [0.1, 0.15) is 5.75 Å². The molecule has 6 heteroatoms. The van der Waals surface area contributed by atoms with Gasteiger partial charge in [-0.1, -0.05) is 11.6 Å². The van der Waals surface area contributed by atoms with Crippen LogP contribution >= 0.6 is 24.0 Å². The number of carbonyl (C=O) groups is 1. The predicted octanol–water partition coefficient (Wildman–Crippen LogP) is 2.30. The van der Waals surface area contributed by atoms with Gasteiger partial charge in [-0.05, 0) is 37.1 Å². The van der Waals surface area contributed by atoms with Crippen molar-refractivity contribution in [3.05, 3.63) is 28.8 Å². The summed E-state index contributed by atoms with van der Waals surface area (Å²) in [7, 11) is 0. The summed E-state index contributed by atoms with van der Waals surface area (Å²) in [5, 5.41) is 3.48. The van der Waals surface area contributed by atoms with E-state index in [1.54, 1.807) is 6.07 Å². The molecule has 0 unspecified atom stereocenters. The Morgan fingerprint density at radius 2 is 2.21 bits per heavy atom. The van der Waals surface area contributed by atoms with Gasteiger partial charge in [0.25, 0.3) is 0 Å². The number of hydrogen-bond acceptors (Lipinski definition) is 3. The molecule has 1 amide bonds. The molecule has 4 nitrogen and oxygen atoms in total. The van der Waals surface area contributed by atoms with Gasteiger partial charge in [0.15, 0.2) is 0 Å². The Morgan fingerprint density at radius 3 is 2.84 bits per heavy atom. The van der Waals surface area contributed by atoms with E-state index < -0.39 is 0 Å². The molecule has 0 saturated carbocycles. The molecule has 0 aromatic heterocycles. The Labute approximate surface area is 125 Å². The van der Waals surface area contributed by atoms with Gasteiger partial charge in [0.05, 0.1) is 6.61 Å². The quantitative estimate of drug-likeness (QED) is 0.760. The number of aryl methyl sites for hydroxylation is 1. The van der Waals surface area contributed by atoms with Crippen LogP contribution in [0.2, 0.25) is 5.02 Å². The molecule has 108 valence electrons. The molecular formula is C13H20Cl2N2O2. The van der Waals surface area contributed by atoms with Crippen LogP contribution in [0, 0.1) is 6.92 Å². The van der Waals surface area contributed by atoms with Crippen molar-refractivity contribution in [3.8, 4) is 5.75 Å². The highest BCUT2D eigenvalue weighted by molar-refractivity contribution is 6.30. The van der Waals surface area contributed by atoms with Crippen LogP contribution in [0.25, 0.3) is 0 Å². The van der Waals surface area contributed by atoms with Gasteiger partial charge < -0.3 is 15.8 Å². The normalized spacial score (nSPS) is 9.63. The Kier molecular flexibility index (Phi) is 9.39. The number of ether oxygens (including phenoxy) is 1. The van der Waals surface area contributed by atoms with Crippen molar-refractivity contribution in [2.75, 3.05) is 19.7 Å². The average Bonchev–Trinajstić information content (AvgIpc) is 2.31. The molecule has 1 aromatic rings. The van der Waals surface area contributed by atoms with Crippen molar-refractivity contribution in [2.24, 2.45) is 5.73 Å². The minimum Gasteiger partial charge on any atom is -0.493 e. The first kappa shape index (κ1) is 18.0. The van der Waals surface area contributed by atoms with Crippen molar-refractivity contribution >= 4 is 29.9 Å². The Morgan fingerprint density at radius 1 is 1.47 bits per heavy atom. The number of hydrogen-bond donors (Lipinski definition) is 2. The van der Waals surface area contributed by atoms with Gasteiger partial charge in [-0.25, -0.2) is 0 Å². The lowest BCUT2D eigenvalue weighted by molar-refractivity contribution is -0.120. The molecule has 1 aromatic carbocycles. The highest BCUT2D eigenvalue weighted by Crippen LogP contribution is 2.21. The first-order valence-corrected chi connectivity index (χ1v) is 6.37. The minimum atomic E-state index is -0.0137. The first-order valence-electron chi connectivity index (χ1n) is 5.99. The molecule has 0 bridgehead atoms. The van der Waals surface area contributed by atoms with Crippen LogP contribution in [-0.2, 0) is 4.79 Å². The fourth-order valence-electron chi connectivity index (χ4n) is 1.48. The van der Waals surface area contributed by atoms with E-state index >= 15 is 0 Å². The summed E-state index contributed by atoms with van der Waals surface area (Å²) in [4.78, 5) is 11.1. The van der Waals surface area contributed by atoms with E-state index in [0.29, 0.717) is 31.1 Å². The zero-order valence-corrected chi connectivity index (χ0v) is 12.5. The predicted molar refractivity (Wildman–Crippen MR) is 80.2 cm³/mol. The van der Waals surface area contributed by atoms with E-state index in [9.17, 15) is 4.79 Å². The molecule has 0 aliphatic carbocycles. The zero-order valence-electron chi connectivity index (χ0n) is 10.9. The summed E-state index contributed by atoms with van der Waals surface area (Å²) < 4.78 is 5.60. The van der Waals surface area contributed by atoms with Crippen LogP contribution < -0.4 is 15.8 Å². The number of carbonyl (C=O) groups excluding carboxylic acids is 1. The van der Waals surface area contributed by atoms with Gasteiger partial charge in [-0.3, -0.25) is 4.79 Å². The lowest BCUT2D eigenvalue weighted by Crippen LogP contribution is -2.27. The number of nitrogens with two attached hydrogens (primary N) is 1. The number of benzene rings is 1. The average molecular weight is 307 g/mol. The van der Waals surface area contributed by atoms with E-state index in [2.05, 4.69) is 5.32 Å². The minimum absolute atomic E-state index is 0. The third-order valence-electron chi connectivity index (χ3n) is 2.41. The van der Waals surface area contributed by atoms with Gasteiger partial charge in [-0.15, -0.1) is 12.4 Å².